The predicted molar refractivity (Wildman–Crippen MR) is 56.5 cm³/mol. The zero-order valence-corrected chi connectivity index (χ0v) is 8.57. The number of carbonyl (C=O) groups excluding carboxylic acids is 1. The molecule has 82 valence electrons. The molecule has 4 heteroatoms. The van der Waals surface area contributed by atoms with E-state index >= 15 is 0 Å². The number of hydrogen-bond donors (Lipinski definition) is 3. The lowest BCUT2D eigenvalue weighted by Gasteiger charge is -2.25. The van der Waals surface area contributed by atoms with E-state index in [9.17, 15) is 9.90 Å². The van der Waals surface area contributed by atoms with E-state index in [1.807, 2.05) is 0 Å². The number of H-pyrrole nitrogens is 1. The summed E-state index contributed by atoms with van der Waals surface area (Å²) in [7, 11) is 0. The molecule has 1 aliphatic rings. The van der Waals surface area contributed by atoms with Crippen molar-refractivity contribution in [1.29, 1.82) is 0 Å². The zero-order valence-electron chi connectivity index (χ0n) is 8.57. The molecule has 4 nitrogen and oxygen atoms in total. The van der Waals surface area contributed by atoms with Crippen LogP contribution in [-0.4, -0.2) is 28.1 Å². The van der Waals surface area contributed by atoms with E-state index in [4.69, 9.17) is 0 Å². The first-order valence-corrected chi connectivity index (χ1v) is 5.38. The van der Waals surface area contributed by atoms with Crippen molar-refractivity contribution in [2.24, 2.45) is 0 Å². The quantitative estimate of drug-likeness (QED) is 0.680. The van der Waals surface area contributed by atoms with Crippen LogP contribution in [0.3, 0.4) is 0 Å². The molecule has 1 heterocycles. The monoisotopic (exact) mass is 208 g/mol. The third kappa shape index (κ3) is 2.59. The highest BCUT2D eigenvalue weighted by atomic mass is 16.3. The summed E-state index contributed by atoms with van der Waals surface area (Å²) >= 11 is 0. The van der Waals surface area contributed by atoms with Gasteiger partial charge in [-0.05, 0) is 37.8 Å². The van der Waals surface area contributed by atoms with Gasteiger partial charge >= 0.3 is 0 Å². The first-order valence-electron chi connectivity index (χ1n) is 5.38. The van der Waals surface area contributed by atoms with Gasteiger partial charge in [-0.15, -0.1) is 0 Å². The Bertz CT molecular complexity index is 313. The van der Waals surface area contributed by atoms with Crippen LogP contribution in [-0.2, 0) is 0 Å². The Morgan fingerprint density at radius 1 is 1.40 bits per heavy atom. The summed E-state index contributed by atoms with van der Waals surface area (Å²) in [5.74, 6) is -0.0543. The fourth-order valence-electron chi connectivity index (χ4n) is 1.95. The van der Waals surface area contributed by atoms with Gasteiger partial charge in [-0.1, -0.05) is 0 Å². The number of aliphatic hydroxyl groups excluding tert-OH is 1. The maximum atomic E-state index is 11.7. The first kappa shape index (κ1) is 10.2. The summed E-state index contributed by atoms with van der Waals surface area (Å²) in [6.45, 7) is 0. The molecule has 0 radical (unpaired) electrons. The highest BCUT2D eigenvalue weighted by Gasteiger charge is 2.21. The largest absolute Gasteiger partial charge is 0.393 e. The van der Waals surface area contributed by atoms with Crippen LogP contribution in [0.1, 0.15) is 36.2 Å². The van der Waals surface area contributed by atoms with Gasteiger partial charge in [-0.3, -0.25) is 4.79 Å². The molecule has 0 atom stereocenters. The summed E-state index contributed by atoms with van der Waals surface area (Å²) in [6, 6.07) is 3.77. The third-order valence-electron chi connectivity index (χ3n) is 2.87. The Labute approximate surface area is 88.7 Å². The van der Waals surface area contributed by atoms with E-state index in [1.54, 1.807) is 18.3 Å². The van der Waals surface area contributed by atoms with Crippen LogP contribution in [0.25, 0.3) is 0 Å². The maximum Gasteiger partial charge on any atom is 0.267 e. The van der Waals surface area contributed by atoms with Gasteiger partial charge in [0.2, 0.25) is 0 Å². The molecule has 1 amide bonds. The van der Waals surface area contributed by atoms with Gasteiger partial charge in [0.15, 0.2) is 0 Å². The summed E-state index contributed by atoms with van der Waals surface area (Å²) in [5.41, 5.74) is 0.598. The minimum absolute atomic E-state index is 0.0543. The average Bonchev–Trinajstić information content (AvgIpc) is 2.74. The molecule has 15 heavy (non-hydrogen) atoms. The van der Waals surface area contributed by atoms with Crippen molar-refractivity contribution in [3.63, 3.8) is 0 Å². The lowest BCUT2D eigenvalue weighted by molar-refractivity contribution is 0.0864. The Hall–Kier alpha value is -1.29. The third-order valence-corrected chi connectivity index (χ3v) is 2.87. The van der Waals surface area contributed by atoms with Gasteiger partial charge in [0.25, 0.3) is 5.91 Å². The highest BCUT2D eigenvalue weighted by Crippen LogP contribution is 2.18. The minimum atomic E-state index is -0.177. The lowest BCUT2D eigenvalue weighted by atomic mass is 9.93. The second-order valence-corrected chi connectivity index (χ2v) is 4.06. The van der Waals surface area contributed by atoms with Crippen LogP contribution in [0.4, 0.5) is 0 Å². The summed E-state index contributed by atoms with van der Waals surface area (Å²) in [4.78, 5) is 14.5. The Morgan fingerprint density at radius 2 is 2.13 bits per heavy atom. The normalized spacial score (nSPS) is 26.2. The van der Waals surface area contributed by atoms with Crippen LogP contribution < -0.4 is 5.32 Å². The average molecular weight is 208 g/mol. The molecule has 1 aromatic rings. The number of aliphatic hydroxyl groups is 1. The Kier molecular flexibility index (Phi) is 3.06. The van der Waals surface area contributed by atoms with Crippen molar-refractivity contribution < 1.29 is 9.90 Å². The minimum Gasteiger partial charge on any atom is -0.393 e. The number of rotatable bonds is 2. The molecule has 1 aromatic heterocycles. The van der Waals surface area contributed by atoms with E-state index < -0.39 is 0 Å². The van der Waals surface area contributed by atoms with E-state index in [0.29, 0.717) is 5.69 Å². The van der Waals surface area contributed by atoms with Gasteiger partial charge < -0.3 is 15.4 Å². The standard InChI is InChI=1S/C11H16N2O2/c14-9-5-3-8(4-6-9)13-11(15)10-2-1-7-12-10/h1-2,7-9,12,14H,3-6H2,(H,13,15). The van der Waals surface area contributed by atoms with E-state index in [0.717, 1.165) is 25.7 Å². The van der Waals surface area contributed by atoms with Crippen LogP contribution in [0.5, 0.6) is 0 Å². The summed E-state index contributed by atoms with van der Waals surface area (Å²) < 4.78 is 0. The molecule has 0 spiro atoms. The molecule has 3 N–H and O–H groups in total. The fourth-order valence-corrected chi connectivity index (χ4v) is 1.95. The number of amides is 1. The molecule has 2 rings (SSSR count). The molecule has 0 bridgehead atoms. The topological polar surface area (TPSA) is 65.1 Å². The van der Waals surface area contributed by atoms with Gasteiger partial charge in [-0.2, -0.15) is 0 Å². The maximum absolute atomic E-state index is 11.7. The number of carbonyl (C=O) groups is 1. The molecule has 0 saturated heterocycles. The Balaban J connectivity index is 1.85. The van der Waals surface area contributed by atoms with Crippen LogP contribution in [0.15, 0.2) is 18.3 Å². The van der Waals surface area contributed by atoms with Crippen molar-refractivity contribution in [3.05, 3.63) is 24.0 Å². The van der Waals surface area contributed by atoms with Gasteiger partial charge in [-0.25, -0.2) is 0 Å². The molecule has 1 saturated carbocycles. The zero-order chi connectivity index (χ0) is 10.7. The number of aromatic nitrogens is 1. The van der Waals surface area contributed by atoms with Crippen molar-refractivity contribution in [3.8, 4) is 0 Å². The molecule has 0 unspecified atom stereocenters. The van der Waals surface area contributed by atoms with Crippen molar-refractivity contribution in [2.45, 2.75) is 37.8 Å². The van der Waals surface area contributed by atoms with E-state index in [2.05, 4.69) is 10.3 Å². The second kappa shape index (κ2) is 4.49. The second-order valence-electron chi connectivity index (χ2n) is 4.06. The van der Waals surface area contributed by atoms with Crippen LogP contribution >= 0.6 is 0 Å². The SMILES string of the molecule is O=C(NC1CCC(O)CC1)c1ccc[nH]1. The number of hydrogen-bond acceptors (Lipinski definition) is 2. The highest BCUT2D eigenvalue weighted by molar-refractivity contribution is 5.92. The molecule has 1 fully saturated rings. The fraction of sp³-hybridized carbons (Fsp3) is 0.545. The smallest absolute Gasteiger partial charge is 0.267 e. The van der Waals surface area contributed by atoms with Crippen LogP contribution in [0, 0.1) is 0 Å². The summed E-state index contributed by atoms with van der Waals surface area (Å²) in [6.07, 6.45) is 4.87. The summed E-state index contributed by atoms with van der Waals surface area (Å²) in [5, 5.41) is 12.3. The lowest BCUT2D eigenvalue weighted by Crippen LogP contribution is -2.38. The van der Waals surface area contributed by atoms with E-state index in [-0.39, 0.29) is 18.1 Å². The number of aromatic amines is 1. The molecule has 0 aromatic carbocycles. The van der Waals surface area contributed by atoms with Gasteiger partial charge in [0.1, 0.15) is 5.69 Å². The Morgan fingerprint density at radius 3 is 2.73 bits per heavy atom. The van der Waals surface area contributed by atoms with Crippen molar-refractivity contribution in [2.75, 3.05) is 0 Å². The van der Waals surface area contributed by atoms with Crippen LogP contribution in [0.2, 0.25) is 0 Å². The molecular weight excluding hydrogens is 192 g/mol. The van der Waals surface area contributed by atoms with E-state index in [1.165, 1.54) is 0 Å². The van der Waals surface area contributed by atoms with Gasteiger partial charge in [0.05, 0.1) is 6.10 Å². The molecule has 1 aliphatic carbocycles. The number of nitrogens with one attached hydrogen (secondary N) is 2. The predicted octanol–water partition coefficient (Wildman–Crippen LogP) is 1.05. The van der Waals surface area contributed by atoms with Gasteiger partial charge in [0, 0.05) is 12.2 Å². The first-order chi connectivity index (χ1) is 7.25. The molecular formula is C11H16N2O2. The van der Waals surface area contributed by atoms with Crippen molar-refractivity contribution >= 4 is 5.91 Å². The molecule has 0 aliphatic heterocycles. The van der Waals surface area contributed by atoms with Crippen molar-refractivity contribution in [1.82, 2.24) is 10.3 Å².